The second-order valence-corrected chi connectivity index (χ2v) is 10.7. The lowest BCUT2D eigenvalue weighted by molar-refractivity contribution is -0.0131. The van der Waals surface area contributed by atoms with Crippen molar-refractivity contribution in [1.29, 1.82) is 0 Å². The van der Waals surface area contributed by atoms with Gasteiger partial charge in [-0.05, 0) is 39.0 Å². The maximum atomic E-state index is 11.6. The number of hydrogen-bond acceptors (Lipinski definition) is 12. The topological polar surface area (TPSA) is 142 Å². The molecule has 0 spiro atoms. The number of nitrogens with two attached hydrogens (primary N) is 1. The average Bonchev–Trinajstić information content (AvgIpc) is 3.13. The molecule has 0 aliphatic heterocycles. The standard InChI is InChI=1S/C18H30N5O7PS/c1-13(2)30-18(24)26-11-29-31(32,28-7-5-6-25-4)12-27-14(3)8-23-10-22-15-16(19)20-9-21-17(15)23/h9-10,13-14H,5-8,11-12H2,1-4H3,(H2,19,20,21)/t14-,31?/m1/s1. The minimum atomic E-state index is -2.90. The summed E-state index contributed by atoms with van der Waals surface area (Å²) in [6.45, 7) is 3.29. The van der Waals surface area contributed by atoms with E-state index < -0.39 is 19.4 Å². The normalized spacial score (nSPS) is 14.4. The van der Waals surface area contributed by atoms with Gasteiger partial charge < -0.3 is 33.8 Å². The summed E-state index contributed by atoms with van der Waals surface area (Å²) in [4.78, 5) is 23.9. The van der Waals surface area contributed by atoms with Gasteiger partial charge in [0.05, 0.1) is 31.7 Å². The first-order valence-corrected chi connectivity index (χ1v) is 12.8. The fourth-order valence-corrected chi connectivity index (χ4v) is 4.30. The molecule has 2 atom stereocenters. The number of hydrogen-bond donors (Lipinski definition) is 1. The number of carbonyl (C=O) groups is 1. The van der Waals surface area contributed by atoms with Crippen molar-refractivity contribution in [2.75, 3.05) is 39.2 Å². The fraction of sp³-hybridized carbons (Fsp3) is 0.667. The molecule has 0 radical (unpaired) electrons. The molecule has 2 aromatic heterocycles. The second-order valence-electron chi connectivity index (χ2n) is 7.03. The monoisotopic (exact) mass is 491 g/mol. The molecule has 14 heteroatoms. The molecule has 2 aromatic rings. The highest BCUT2D eigenvalue weighted by Gasteiger charge is 2.23. The molecular weight excluding hydrogens is 461 g/mol. The van der Waals surface area contributed by atoms with E-state index in [1.54, 1.807) is 27.3 Å². The summed E-state index contributed by atoms with van der Waals surface area (Å²) >= 11 is 5.56. The molecular formula is C18H30N5O7PS. The number of anilines is 1. The quantitative estimate of drug-likeness (QED) is 0.180. The number of nitrogen functional groups attached to an aromatic ring is 1. The molecule has 0 aliphatic carbocycles. The van der Waals surface area contributed by atoms with Crippen LogP contribution in [-0.2, 0) is 46.3 Å². The Hall–Kier alpha value is -1.89. The molecule has 180 valence electrons. The maximum absolute atomic E-state index is 11.6. The lowest BCUT2D eigenvalue weighted by atomic mass is 10.4. The van der Waals surface area contributed by atoms with Gasteiger partial charge in [0.25, 0.3) is 0 Å². The Labute approximate surface area is 191 Å². The van der Waals surface area contributed by atoms with E-state index in [0.29, 0.717) is 43.2 Å². The smallest absolute Gasteiger partial charge is 0.432 e. The number of nitrogens with zero attached hydrogens (tertiary/aromatic N) is 4. The molecule has 1 unspecified atom stereocenters. The van der Waals surface area contributed by atoms with Crippen LogP contribution in [-0.4, -0.2) is 71.3 Å². The third kappa shape index (κ3) is 8.57. The number of rotatable bonds is 14. The van der Waals surface area contributed by atoms with E-state index in [0.717, 1.165) is 0 Å². The van der Waals surface area contributed by atoms with E-state index in [9.17, 15) is 4.79 Å². The van der Waals surface area contributed by atoms with Crippen molar-refractivity contribution in [1.82, 2.24) is 19.5 Å². The van der Waals surface area contributed by atoms with Gasteiger partial charge in [-0.1, -0.05) is 0 Å². The first-order chi connectivity index (χ1) is 15.2. The summed E-state index contributed by atoms with van der Waals surface area (Å²) in [5.41, 5.74) is 6.96. The van der Waals surface area contributed by atoms with Crippen LogP contribution in [0.25, 0.3) is 11.2 Å². The Balaban J connectivity index is 1.92. The summed E-state index contributed by atoms with van der Waals surface area (Å²) in [5.74, 6) is 0.312. The zero-order valence-electron chi connectivity index (χ0n) is 18.6. The van der Waals surface area contributed by atoms with E-state index in [-0.39, 0.29) is 18.6 Å². The molecule has 0 aromatic carbocycles. The number of carbonyl (C=O) groups excluding carboxylic acids is 1. The molecule has 0 amide bonds. The molecule has 0 fully saturated rings. The van der Waals surface area contributed by atoms with Crippen LogP contribution in [0.15, 0.2) is 12.7 Å². The third-order valence-electron chi connectivity index (χ3n) is 3.94. The van der Waals surface area contributed by atoms with Gasteiger partial charge in [-0.15, -0.1) is 0 Å². The van der Waals surface area contributed by atoms with Crippen molar-refractivity contribution in [2.24, 2.45) is 0 Å². The van der Waals surface area contributed by atoms with Gasteiger partial charge in [0.2, 0.25) is 13.3 Å². The Morgan fingerprint density at radius 2 is 2.00 bits per heavy atom. The van der Waals surface area contributed by atoms with Gasteiger partial charge in [0.15, 0.2) is 11.5 Å². The summed E-state index contributed by atoms with van der Waals surface area (Å²) in [7, 11) is 1.60. The molecule has 2 rings (SSSR count). The Morgan fingerprint density at radius 3 is 2.72 bits per heavy atom. The third-order valence-corrected chi connectivity index (χ3v) is 6.43. The van der Waals surface area contributed by atoms with Crippen molar-refractivity contribution in [3.63, 3.8) is 0 Å². The van der Waals surface area contributed by atoms with E-state index >= 15 is 0 Å². The van der Waals surface area contributed by atoms with Gasteiger partial charge in [0, 0.05) is 13.7 Å². The first-order valence-electron chi connectivity index (χ1n) is 9.97. The van der Waals surface area contributed by atoms with Crippen LogP contribution in [0.2, 0.25) is 0 Å². The second kappa shape index (κ2) is 13.0. The number of imidazole rings is 1. The molecule has 0 bridgehead atoms. The van der Waals surface area contributed by atoms with Gasteiger partial charge in [-0.3, -0.25) is 4.52 Å². The van der Waals surface area contributed by atoms with Crippen LogP contribution in [0, 0.1) is 0 Å². The molecule has 0 saturated heterocycles. The number of methoxy groups -OCH3 is 1. The molecule has 2 N–H and O–H groups in total. The first kappa shape index (κ1) is 26.4. The number of aromatic nitrogens is 4. The van der Waals surface area contributed by atoms with Crippen molar-refractivity contribution < 1.29 is 32.8 Å². The van der Waals surface area contributed by atoms with E-state index in [4.69, 9.17) is 45.5 Å². The van der Waals surface area contributed by atoms with E-state index in [2.05, 4.69) is 15.0 Å². The van der Waals surface area contributed by atoms with Crippen LogP contribution in [0.1, 0.15) is 27.2 Å². The highest BCUT2D eigenvalue weighted by molar-refractivity contribution is 8.09. The lowest BCUT2D eigenvalue weighted by Gasteiger charge is -2.24. The average molecular weight is 492 g/mol. The summed E-state index contributed by atoms with van der Waals surface area (Å²) in [6.07, 6.45) is 2.23. The van der Waals surface area contributed by atoms with Crippen LogP contribution in [0.4, 0.5) is 10.6 Å². The zero-order chi connectivity index (χ0) is 23.6. The maximum Gasteiger partial charge on any atom is 0.510 e. The summed E-state index contributed by atoms with van der Waals surface area (Å²) in [5, 5.41) is 0. The van der Waals surface area contributed by atoms with Gasteiger partial charge in [0.1, 0.15) is 18.2 Å². The Kier molecular flexibility index (Phi) is 10.7. The minimum absolute atomic E-state index is 0.0167. The van der Waals surface area contributed by atoms with E-state index in [1.807, 2.05) is 11.5 Å². The van der Waals surface area contributed by atoms with Gasteiger partial charge >= 0.3 is 6.16 Å². The van der Waals surface area contributed by atoms with Crippen LogP contribution >= 0.6 is 6.49 Å². The Morgan fingerprint density at radius 1 is 1.22 bits per heavy atom. The Bertz CT molecular complexity index is 913. The molecule has 0 saturated carbocycles. The molecule has 12 nitrogen and oxygen atoms in total. The SMILES string of the molecule is COCCCOP(=S)(CO[C@H](C)Cn1cnc2c(N)ncnc21)OCOC(=O)OC(C)C. The van der Waals surface area contributed by atoms with Crippen molar-refractivity contribution in [3.05, 3.63) is 12.7 Å². The zero-order valence-corrected chi connectivity index (χ0v) is 20.3. The van der Waals surface area contributed by atoms with Gasteiger partial charge in [-0.2, -0.15) is 0 Å². The van der Waals surface area contributed by atoms with Crippen LogP contribution in [0.5, 0.6) is 0 Å². The van der Waals surface area contributed by atoms with Crippen LogP contribution < -0.4 is 5.73 Å². The minimum Gasteiger partial charge on any atom is -0.432 e. The summed E-state index contributed by atoms with van der Waals surface area (Å²) in [6, 6.07) is 0. The van der Waals surface area contributed by atoms with Crippen molar-refractivity contribution in [3.8, 4) is 0 Å². The fourth-order valence-electron chi connectivity index (χ4n) is 2.48. The largest absolute Gasteiger partial charge is 0.510 e. The predicted molar refractivity (Wildman–Crippen MR) is 121 cm³/mol. The van der Waals surface area contributed by atoms with E-state index in [1.165, 1.54) is 6.33 Å². The highest BCUT2D eigenvalue weighted by atomic mass is 32.5. The van der Waals surface area contributed by atoms with Gasteiger partial charge in [-0.25, -0.2) is 19.7 Å². The number of fused-ring (bicyclic) bond motifs is 1. The molecule has 2 heterocycles. The number of ether oxygens (including phenoxy) is 4. The lowest BCUT2D eigenvalue weighted by Crippen LogP contribution is -2.19. The molecule has 32 heavy (non-hydrogen) atoms. The van der Waals surface area contributed by atoms with Crippen LogP contribution in [0.3, 0.4) is 0 Å². The molecule has 0 aliphatic rings. The van der Waals surface area contributed by atoms with Crippen molar-refractivity contribution >= 4 is 41.4 Å². The predicted octanol–water partition coefficient (Wildman–Crippen LogP) is 2.67. The summed E-state index contributed by atoms with van der Waals surface area (Å²) < 4.78 is 33.9. The highest BCUT2D eigenvalue weighted by Crippen LogP contribution is 2.49. The van der Waals surface area contributed by atoms with Crippen molar-refractivity contribution in [2.45, 2.75) is 45.9 Å².